The molecule has 1 atom stereocenters. The molecule has 4 nitrogen and oxygen atoms in total. The molecule has 2 aromatic carbocycles. The van der Waals surface area contributed by atoms with E-state index in [0.29, 0.717) is 11.3 Å². The molecule has 2 rings (SSSR count). The Bertz CT molecular complexity index is 743. The van der Waals surface area contributed by atoms with Crippen LogP contribution in [0.3, 0.4) is 0 Å². The summed E-state index contributed by atoms with van der Waals surface area (Å²) >= 11 is 0. The largest absolute Gasteiger partial charge is 0.378 e. The highest BCUT2D eigenvalue weighted by Gasteiger charge is 2.13. The van der Waals surface area contributed by atoms with Gasteiger partial charge in [-0.05, 0) is 49.2 Å². The number of hydrogen-bond donors (Lipinski definition) is 2. The van der Waals surface area contributed by atoms with Gasteiger partial charge in [0.25, 0.3) is 0 Å². The summed E-state index contributed by atoms with van der Waals surface area (Å²) in [5.41, 5.74) is 2.13. The van der Waals surface area contributed by atoms with Crippen LogP contribution in [0, 0.1) is 12.7 Å². The van der Waals surface area contributed by atoms with Gasteiger partial charge in [0, 0.05) is 11.7 Å². The van der Waals surface area contributed by atoms with Gasteiger partial charge in [-0.2, -0.15) is 0 Å². The Hall–Kier alpha value is -1.92. The van der Waals surface area contributed by atoms with E-state index in [1.54, 1.807) is 31.2 Å². The van der Waals surface area contributed by atoms with Crippen molar-refractivity contribution in [3.05, 3.63) is 59.4 Å². The second kappa shape index (κ2) is 5.83. The van der Waals surface area contributed by atoms with Crippen molar-refractivity contribution in [1.82, 2.24) is 0 Å². The molecule has 0 saturated carbocycles. The first kappa shape index (κ1) is 15.5. The zero-order chi connectivity index (χ0) is 15.6. The van der Waals surface area contributed by atoms with Crippen molar-refractivity contribution in [3.63, 3.8) is 0 Å². The Labute approximate surface area is 123 Å². The highest BCUT2D eigenvalue weighted by molar-refractivity contribution is 7.89. The van der Waals surface area contributed by atoms with Crippen molar-refractivity contribution in [2.24, 2.45) is 5.14 Å². The smallest absolute Gasteiger partial charge is 0.238 e. The second-order valence-electron chi connectivity index (χ2n) is 4.94. The molecule has 0 amide bonds. The summed E-state index contributed by atoms with van der Waals surface area (Å²) in [6, 6.07) is 11.0. The van der Waals surface area contributed by atoms with E-state index in [1.807, 2.05) is 6.92 Å². The average molecular weight is 308 g/mol. The summed E-state index contributed by atoms with van der Waals surface area (Å²) in [7, 11) is -3.75. The Balaban J connectivity index is 2.26. The Morgan fingerprint density at radius 3 is 2.33 bits per heavy atom. The lowest BCUT2D eigenvalue weighted by atomic mass is 10.1. The zero-order valence-electron chi connectivity index (χ0n) is 11.8. The van der Waals surface area contributed by atoms with Crippen LogP contribution in [0.2, 0.25) is 0 Å². The topological polar surface area (TPSA) is 72.2 Å². The SMILES string of the molecule is Cc1ccc(NC(C)c2ccc(F)cc2)cc1S(N)(=O)=O. The highest BCUT2D eigenvalue weighted by atomic mass is 32.2. The number of hydrogen-bond acceptors (Lipinski definition) is 3. The van der Waals surface area contributed by atoms with E-state index in [0.717, 1.165) is 5.56 Å². The second-order valence-corrected chi connectivity index (χ2v) is 6.47. The van der Waals surface area contributed by atoms with E-state index in [-0.39, 0.29) is 16.8 Å². The summed E-state index contributed by atoms with van der Waals surface area (Å²) in [4.78, 5) is 0.0961. The monoisotopic (exact) mass is 308 g/mol. The van der Waals surface area contributed by atoms with Crippen LogP contribution in [0.5, 0.6) is 0 Å². The normalized spacial score (nSPS) is 13.0. The number of sulfonamides is 1. The van der Waals surface area contributed by atoms with Gasteiger partial charge in [0.1, 0.15) is 5.82 Å². The molecule has 112 valence electrons. The van der Waals surface area contributed by atoms with Crippen molar-refractivity contribution in [3.8, 4) is 0 Å². The Kier molecular flexibility index (Phi) is 4.29. The number of rotatable bonds is 4. The van der Waals surface area contributed by atoms with Crippen molar-refractivity contribution >= 4 is 15.7 Å². The standard InChI is InChI=1S/C15H17FN2O2S/c1-10-3-8-14(9-15(10)21(17,19)20)18-11(2)12-4-6-13(16)7-5-12/h3-9,11,18H,1-2H3,(H2,17,19,20). The van der Waals surface area contributed by atoms with E-state index in [9.17, 15) is 12.8 Å². The molecule has 0 aromatic heterocycles. The average Bonchev–Trinajstić information content (AvgIpc) is 2.40. The van der Waals surface area contributed by atoms with Crippen LogP contribution in [0.4, 0.5) is 10.1 Å². The summed E-state index contributed by atoms with van der Waals surface area (Å²) in [6.07, 6.45) is 0. The molecule has 0 aliphatic carbocycles. The number of nitrogens with two attached hydrogens (primary N) is 1. The van der Waals surface area contributed by atoms with Crippen molar-refractivity contribution < 1.29 is 12.8 Å². The van der Waals surface area contributed by atoms with Crippen LogP contribution in [0.15, 0.2) is 47.4 Å². The Morgan fingerprint density at radius 2 is 1.76 bits per heavy atom. The third kappa shape index (κ3) is 3.80. The van der Waals surface area contributed by atoms with E-state index < -0.39 is 10.0 Å². The number of benzene rings is 2. The molecular formula is C15H17FN2O2S. The van der Waals surface area contributed by atoms with E-state index in [1.165, 1.54) is 18.2 Å². The molecule has 0 fully saturated rings. The summed E-state index contributed by atoms with van der Waals surface area (Å²) in [5.74, 6) is -0.294. The van der Waals surface area contributed by atoms with Crippen LogP contribution in [-0.2, 0) is 10.0 Å². The summed E-state index contributed by atoms with van der Waals surface area (Å²) < 4.78 is 35.9. The van der Waals surface area contributed by atoms with Crippen LogP contribution in [0.25, 0.3) is 0 Å². The fourth-order valence-electron chi connectivity index (χ4n) is 2.08. The Morgan fingerprint density at radius 1 is 1.14 bits per heavy atom. The fourth-order valence-corrected chi connectivity index (χ4v) is 2.89. The minimum atomic E-state index is -3.75. The van der Waals surface area contributed by atoms with Gasteiger partial charge >= 0.3 is 0 Å². The van der Waals surface area contributed by atoms with E-state index >= 15 is 0 Å². The first-order valence-corrected chi connectivity index (χ1v) is 7.97. The van der Waals surface area contributed by atoms with Gasteiger partial charge < -0.3 is 5.32 Å². The van der Waals surface area contributed by atoms with Gasteiger partial charge in [-0.1, -0.05) is 18.2 Å². The molecule has 0 saturated heterocycles. The number of anilines is 1. The van der Waals surface area contributed by atoms with Crippen LogP contribution in [-0.4, -0.2) is 8.42 Å². The summed E-state index contributed by atoms with van der Waals surface area (Å²) in [6.45, 7) is 3.59. The molecule has 21 heavy (non-hydrogen) atoms. The minimum absolute atomic E-state index is 0.0957. The molecule has 6 heteroatoms. The van der Waals surface area contributed by atoms with Crippen molar-refractivity contribution in [2.75, 3.05) is 5.32 Å². The van der Waals surface area contributed by atoms with E-state index in [2.05, 4.69) is 5.32 Å². The number of halogens is 1. The first-order chi connectivity index (χ1) is 9.77. The van der Waals surface area contributed by atoms with Crippen LogP contribution >= 0.6 is 0 Å². The van der Waals surface area contributed by atoms with E-state index in [4.69, 9.17) is 5.14 Å². The lowest BCUT2D eigenvalue weighted by Gasteiger charge is -2.17. The fraction of sp³-hybridized carbons (Fsp3) is 0.200. The van der Waals surface area contributed by atoms with Gasteiger partial charge in [0.15, 0.2) is 0 Å². The molecule has 1 unspecified atom stereocenters. The lowest BCUT2D eigenvalue weighted by Crippen LogP contribution is -2.14. The molecule has 0 bridgehead atoms. The number of aryl methyl sites for hydroxylation is 1. The predicted octanol–water partition coefficient (Wildman–Crippen LogP) is 2.95. The minimum Gasteiger partial charge on any atom is -0.378 e. The van der Waals surface area contributed by atoms with Gasteiger partial charge in [-0.25, -0.2) is 17.9 Å². The maximum atomic E-state index is 12.9. The molecule has 0 radical (unpaired) electrons. The first-order valence-electron chi connectivity index (χ1n) is 6.43. The van der Waals surface area contributed by atoms with Crippen molar-refractivity contribution in [1.29, 1.82) is 0 Å². The van der Waals surface area contributed by atoms with Crippen molar-refractivity contribution in [2.45, 2.75) is 24.8 Å². The predicted molar refractivity (Wildman–Crippen MR) is 81.0 cm³/mol. The number of nitrogens with one attached hydrogen (secondary N) is 1. The molecule has 0 spiro atoms. The quantitative estimate of drug-likeness (QED) is 0.912. The third-order valence-corrected chi connectivity index (χ3v) is 4.30. The third-order valence-electron chi connectivity index (χ3n) is 3.25. The van der Waals surface area contributed by atoms with Crippen LogP contribution < -0.4 is 10.5 Å². The van der Waals surface area contributed by atoms with Crippen LogP contribution in [0.1, 0.15) is 24.1 Å². The van der Waals surface area contributed by atoms with Gasteiger partial charge in [-0.3, -0.25) is 0 Å². The molecular weight excluding hydrogens is 291 g/mol. The number of primary sulfonamides is 1. The molecule has 2 aromatic rings. The molecule has 0 aliphatic rings. The molecule has 0 aliphatic heterocycles. The zero-order valence-corrected chi connectivity index (χ0v) is 12.6. The van der Waals surface area contributed by atoms with Gasteiger partial charge in [0.2, 0.25) is 10.0 Å². The maximum absolute atomic E-state index is 12.9. The maximum Gasteiger partial charge on any atom is 0.238 e. The molecule has 0 heterocycles. The van der Waals surface area contributed by atoms with Gasteiger partial charge in [0.05, 0.1) is 4.90 Å². The van der Waals surface area contributed by atoms with Gasteiger partial charge in [-0.15, -0.1) is 0 Å². The lowest BCUT2D eigenvalue weighted by molar-refractivity contribution is 0.597. The summed E-state index contributed by atoms with van der Waals surface area (Å²) in [5, 5.41) is 8.36. The molecule has 3 N–H and O–H groups in total. The highest BCUT2D eigenvalue weighted by Crippen LogP contribution is 2.23.